The van der Waals surface area contributed by atoms with Crippen LogP contribution in [0.5, 0.6) is 0 Å². The van der Waals surface area contributed by atoms with Crippen molar-refractivity contribution in [1.82, 2.24) is 9.88 Å². The molecule has 1 fully saturated rings. The SMILES string of the molecule is O=C(c1cccc2cccnc12)N1CCC(CCCl)C1. The van der Waals surface area contributed by atoms with Crippen molar-refractivity contribution in [1.29, 1.82) is 0 Å². The quantitative estimate of drug-likeness (QED) is 0.812. The molecule has 1 saturated heterocycles. The van der Waals surface area contributed by atoms with Gasteiger partial charge in [-0.05, 0) is 30.9 Å². The first-order valence-corrected chi connectivity index (χ1v) is 7.52. The molecule has 3 nitrogen and oxygen atoms in total. The van der Waals surface area contributed by atoms with Crippen LogP contribution in [0.4, 0.5) is 0 Å². The number of benzene rings is 1. The number of nitrogens with zero attached hydrogens (tertiary/aromatic N) is 2. The van der Waals surface area contributed by atoms with Crippen molar-refractivity contribution in [3.8, 4) is 0 Å². The van der Waals surface area contributed by atoms with E-state index < -0.39 is 0 Å². The maximum atomic E-state index is 12.7. The predicted molar refractivity (Wildman–Crippen MR) is 81.1 cm³/mol. The number of aromatic nitrogens is 1. The third kappa shape index (κ3) is 2.50. The molecule has 1 aromatic heterocycles. The highest BCUT2D eigenvalue weighted by Gasteiger charge is 2.27. The summed E-state index contributed by atoms with van der Waals surface area (Å²) in [5.74, 6) is 1.30. The van der Waals surface area contributed by atoms with Crippen LogP contribution in [-0.2, 0) is 0 Å². The second-order valence-corrected chi connectivity index (χ2v) is 5.64. The monoisotopic (exact) mass is 288 g/mol. The number of amides is 1. The van der Waals surface area contributed by atoms with Crippen molar-refractivity contribution in [2.45, 2.75) is 12.8 Å². The molecule has 1 unspecified atom stereocenters. The van der Waals surface area contributed by atoms with Crippen LogP contribution in [0.3, 0.4) is 0 Å². The zero-order valence-electron chi connectivity index (χ0n) is 11.3. The Kier molecular flexibility index (Phi) is 3.88. The lowest BCUT2D eigenvalue weighted by Crippen LogP contribution is -2.29. The number of fused-ring (bicyclic) bond motifs is 1. The van der Waals surface area contributed by atoms with Crippen LogP contribution >= 0.6 is 11.6 Å². The van der Waals surface area contributed by atoms with Crippen molar-refractivity contribution >= 4 is 28.4 Å². The van der Waals surface area contributed by atoms with E-state index >= 15 is 0 Å². The summed E-state index contributed by atoms with van der Waals surface area (Å²) in [6.45, 7) is 1.64. The van der Waals surface area contributed by atoms with Gasteiger partial charge in [0.05, 0.1) is 11.1 Å². The van der Waals surface area contributed by atoms with Crippen LogP contribution in [0.25, 0.3) is 10.9 Å². The van der Waals surface area contributed by atoms with E-state index in [0.29, 0.717) is 17.4 Å². The van der Waals surface area contributed by atoms with Gasteiger partial charge in [-0.25, -0.2) is 0 Å². The number of halogens is 1. The number of para-hydroxylation sites is 1. The molecule has 1 aliphatic heterocycles. The first-order chi connectivity index (χ1) is 9.79. The van der Waals surface area contributed by atoms with Gasteiger partial charge in [-0.15, -0.1) is 11.6 Å². The Morgan fingerprint density at radius 2 is 2.20 bits per heavy atom. The standard InChI is InChI=1S/C16H17ClN2O/c17-8-6-12-7-10-19(11-12)16(20)14-5-1-3-13-4-2-9-18-15(13)14/h1-5,9,12H,6-8,10-11H2. The fourth-order valence-corrected chi connectivity index (χ4v) is 3.16. The Morgan fingerprint density at radius 3 is 3.05 bits per heavy atom. The molecule has 2 aromatic rings. The van der Waals surface area contributed by atoms with Crippen molar-refractivity contribution < 1.29 is 4.79 Å². The van der Waals surface area contributed by atoms with E-state index in [2.05, 4.69) is 4.98 Å². The Balaban J connectivity index is 1.86. The first kappa shape index (κ1) is 13.4. The van der Waals surface area contributed by atoms with Crippen LogP contribution in [-0.4, -0.2) is 34.8 Å². The largest absolute Gasteiger partial charge is 0.338 e. The second kappa shape index (κ2) is 5.80. The summed E-state index contributed by atoms with van der Waals surface area (Å²) in [7, 11) is 0. The molecule has 1 atom stereocenters. The molecule has 0 radical (unpaired) electrons. The van der Waals surface area contributed by atoms with E-state index in [4.69, 9.17) is 11.6 Å². The van der Waals surface area contributed by atoms with Gasteiger partial charge in [-0.2, -0.15) is 0 Å². The maximum absolute atomic E-state index is 12.7. The molecule has 1 amide bonds. The molecule has 3 rings (SSSR count). The van der Waals surface area contributed by atoms with E-state index in [1.54, 1.807) is 6.20 Å². The lowest BCUT2D eigenvalue weighted by Gasteiger charge is -2.17. The highest BCUT2D eigenvalue weighted by molar-refractivity contribution is 6.17. The molecule has 0 bridgehead atoms. The minimum Gasteiger partial charge on any atom is -0.338 e. The van der Waals surface area contributed by atoms with Crippen molar-refractivity contribution in [2.75, 3.05) is 19.0 Å². The van der Waals surface area contributed by atoms with E-state index in [1.807, 2.05) is 35.2 Å². The molecule has 2 heterocycles. The van der Waals surface area contributed by atoms with Gasteiger partial charge in [0.15, 0.2) is 0 Å². The summed E-state index contributed by atoms with van der Waals surface area (Å²) < 4.78 is 0. The summed E-state index contributed by atoms with van der Waals surface area (Å²) in [6, 6.07) is 9.65. The van der Waals surface area contributed by atoms with Gasteiger partial charge in [0.25, 0.3) is 5.91 Å². The van der Waals surface area contributed by atoms with E-state index in [9.17, 15) is 4.79 Å². The molecule has 0 saturated carbocycles. The molecular weight excluding hydrogens is 272 g/mol. The van der Waals surface area contributed by atoms with E-state index in [0.717, 1.165) is 36.8 Å². The van der Waals surface area contributed by atoms with Crippen molar-refractivity contribution in [3.05, 3.63) is 42.1 Å². The highest BCUT2D eigenvalue weighted by Crippen LogP contribution is 2.24. The third-order valence-electron chi connectivity index (χ3n) is 3.95. The molecule has 104 valence electrons. The summed E-state index contributed by atoms with van der Waals surface area (Å²) in [5.41, 5.74) is 1.50. The molecule has 1 aliphatic rings. The number of carbonyl (C=O) groups excluding carboxylic acids is 1. The number of hydrogen-bond donors (Lipinski definition) is 0. The average molecular weight is 289 g/mol. The fraction of sp³-hybridized carbons (Fsp3) is 0.375. The minimum atomic E-state index is 0.0892. The van der Waals surface area contributed by atoms with Gasteiger partial charge in [0, 0.05) is 30.6 Å². The van der Waals surface area contributed by atoms with Crippen molar-refractivity contribution in [2.24, 2.45) is 5.92 Å². The van der Waals surface area contributed by atoms with Gasteiger partial charge in [0.1, 0.15) is 0 Å². The average Bonchev–Trinajstić information content (AvgIpc) is 2.95. The normalized spacial score (nSPS) is 18.6. The molecule has 0 N–H and O–H groups in total. The molecule has 0 spiro atoms. The minimum absolute atomic E-state index is 0.0892. The molecule has 20 heavy (non-hydrogen) atoms. The topological polar surface area (TPSA) is 33.2 Å². The number of alkyl halides is 1. The lowest BCUT2D eigenvalue weighted by atomic mass is 10.1. The Bertz CT molecular complexity index is 623. The molecule has 4 heteroatoms. The molecule has 1 aromatic carbocycles. The summed E-state index contributed by atoms with van der Waals surface area (Å²) in [6.07, 6.45) is 3.77. The Labute approximate surface area is 123 Å². The van der Waals surface area contributed by atoms with Crippen LogP contribution < -0.4 is 0 Å². The summed E-state index contributed by atoms with van der Waals surface area (Å²) in [4.78, 5) is 19.0. The Hall–Kier alpha value is -1.61. The van der Waals surface area contributed by atoms with Crippen LogP contribution in [0, 0.1) is 5.92 Å². The number of rotatable bonds is 3. The number of pyridine rings is 1. The smallest absolute Gasteiger partial charge is 0.256 e. The molecule has 0 aliphatic carbocycles. The van der Waals surface area contributed by atoms with Gasteiger partial charge in [0.2, 0.25) is 0 Å². The third-order valence-corrected chi connectivity index (χ3v) is 4.17. The first-order valence-electron chi connectivity index (χ1n) is 6.98. The Morgan fingerprint density at radius 1 is 1.35 bits per heavy atom. The van der Waals surface area contributed by atoms with Crippen LogP contribution in [0.15, 0.2) is 36.5 Å². The van der Waals surface area contributed by atoms with Crippen LogP contribution in [0.2, 0.25) is 0 Å². The zero-order valence-corrected chi connectivity index (χ0v) is 12.0. The van der Waals surface area contributed by atoms with Gasteiger partial charge < -0.3 is 4.90 Å². The maximum Gasteiger partial charge on any atom is 0.256 e. The second-order valence-electron chi connectivity index (χ2n) is 5.26. The lowest BCUT2D eigenvalue weighted by molar-refractivity contribution is 0.0788. The van der Waals surface area contributed by atoms with E-state index in [1.165, 1.54) is 0 Å². The van der Waals surface area contributed by atoms with Gasteiger partial charge >= 0.3 is 0 Å². The van der Waals surface area contributed by atoms with Crippen LogP contribution in [0.1, 0.15) is 23.2 Å². The number of likely N-dealkylation sites (tertiary alicyclic amines) is 1. The van der Waals surface area contributed by atoms with Crippen molar-refractivity contribution in [3.63, 3.8) is 0 Å². The zero-order chi connectivity index (χ0) is 13.9. The fourth-order valence-electron chi connectivity index (χ4n) is 2.85. The molecular formula is C16H17ClN2O. The van der Waals surface area contributed by atoms with E-state index in [-0.39, 0.29) is 5.91 Å². The number of hydrogen-bond acceptors (Lipinski definition) is 2. The van der Waals surface area contributed by atoms with Gasteiger partial charge in [-0.1, -0.05) is 18.2 Å². The number of carbonyl (C=O) groups is 1. The van der Waals surface area contributed by atoms with Gasteiger partial charge in [-0.3, -0.25) is 9.78 Å². The summed E-state index contributed by atoms with van der Waals surface area (Å²) in [5, 5.41) is 1.01. The highest BCUT2D eigenvalue weighted by atomic mass is 35.5. The predicted octanol–water partition coefficient (Wildman–Crippen LogP) is 3.33. The summed E-state index contributed by atoms with van der Waals surface area (Å²) >= 11 is 5.79.